The first-order valence-electron chi connectivity index (χ1n) is 6.07. The molecule has 2 heterocycles. The lowest BCUT2D eigenvalue weighted by Gasteiger charge is -2.23. The molecule has 0 aromatic heterocycles. The zero-order valence-corrected chi connectivity index (χ0v) is 9.37. The molecule has 0 radical (unpaired) electrons. The van der Waals surface area contributed by atoms with Crippen LogP contribution < -0.4 is 5.32 Å². The second-order valence-electron chi connectivity index (χ2n) is 4.46. The number of rotatable bonds is 3. The van der Waals surface area contributed by atoms with Crippen LogP contribution in [0.4, 0.5) is 0 Å². The summed E-state index contributed by atoms with van der Waals surface area (Å²) in [6, 6.07) is 0. The van der Waals surface area contributed by atoms with E-state index in [0.29, 0.717) is 6.54 Å². The first-order chi connectivity index (χ1) is 7.36. The lowest BCUT2D eigenvalue weighted by molar-refractivity contribution is -0.129. The van der Waals surface area contributed by atoms with Crippen molar-refractivity contribution >= 4 is 5.91 Å². The van der Waals surface area contributed by atoms with Crippen molar-refractivity contribution in [3.05, 3.63) is 0 Å². The van der Waals surface area contributed by atoms with Crippen LogP contribution in [-0.4, -0.2) is 61.5 Å². The summed E-state index contributed by atoms with van der Waals surface area (Å²) >= 11 is 0. The van der Waals surface area contributed by atoms with Crippen LogP contribution in [0.1, 0.15) is 19.3 Å². The standard InChI is InChI=1S/C11H21N3O/c15-11-10-12-4-3-7-14(11)9-8-13-5-1-2-6-13/h12H,1-10H2. The van der Waals surface area contributed by atoms with Crippen molar-refractivity contribution in [2.75, 3.05) is 45.8 Å². The molecule has 1 amide bonds. The topological polar surface area (TPSA) is 35.6 Å². The average molecular weight is 211 g/mol. The molecule has 2 aliphatic heterocycles. The highest BCUT2D eigenvalue weighted by atomic mass is 16.2. The average Bonchev–Trinajstić information content (AvgIpc) is 2.67. The summed E-state index contributed by atoms with van der Waals surface area (Å²) in [7, 11) is 0. The van der Waals surface area contributed by atoms with Gasteiger partial charge in [0.05, 0.1) is 6.54 Å². The normalized spacial score (nSPS) is 24.5. The highest BCUT2D eigenvalue weighted by Crippen LogP contribution is 2.07. The van der Waals surface area contributed by atoms with Crippen LogP contribution in [0.2, 0.25) is 0 Å². The van der Waals surface area contributed by atoms with Crippen molar-refractivity contribution in [2.24, 2.45) is 0 Å². The molecule has 0 atom stereocenters. The minimum Gasteiger partial charge on any atom is -0.340 e. The van der Waals surface area contributed by atoms with Gasteiger partial charge in [0.15, 0.2) is 0 Å². The third-order valence-corrected chi connectivity index (χ3v) is 3.30. The van der Waals surface area contributed by atoms with E-state index in [-0.39, 0.29) is 5.91 Å². The lowest BCUT2D eigenvalue weighted by Crippen LogP contribution is -2.40. The first-order valence-corrected chi connectivity index (χ1v) is 6.07. The predicted molar refractivity (Wildman–Crippen MR) is 59.7 cm³/mol. The van der Waals surface area contributed by atoms with Gasteiger partial charge in [-0.1, -0.05) is 0 Å². The molecule has 2 saturated heterocycles. The molecule has 0 aromatic carbocycles. The summed E-state index contributed by atoms with van der Waals surface area (Å²) in [4.78, 5) is 16.1. The van der Waals surface area contributed by atoms with E-state index < -0.39 is 0 Å². The summed E-state index contributed by atoms with van der Waals surface area (Å²) in [5, 5.41) is 3.15. The van der Waals surface area contributed by atoms with Gasteiger partial charge in [-0.05, 0) is 38.9 Å². The van der Waals surface area contributed by atoms with Crippen LogP contribution in [0, 0.1) is 0 Å². The van der Waals surface area contributed by atoms with Gasteiger partial charge < -0.3 is 15.1 Å². The number of nitrogens with zero attached hydrogens (tertiary/aromatic N) is 2. The van der Waals surface area contributed by atoms with Crippen molar-refractivity contribution < 1.29 is 4.79 Å². The van der Waals surface area contributed by atoms with E-state index in [4.69, 9.17) is 0 Å². The Morgan fingerprint density at radius 3 is 2.67 bits per heavy atom. The fourth-order valence-corrected chi connectivity index (χ4v) is 2.33. The van der Waals surface area contributed by atoms with Crippen molar-refractivity contribution in [3.8, 4) is 0 Å². The Bertz CT molecular complexity index is 214. The predicted octanol–water partition coefficient (Wildman–Crippen LogP) is -0.0959. The Hall–Kier alpha value is -0.610. The Labute approximate surface area is 91.6 Å². The third kappa shape index (κ3) is 3.18. The molecule has 2 fully saturated rings. The number of carbonyl (C=O) groups is 1. The van der Waals surface area contributed by atoms with E-state index in [2.05, 4.69) is 10.2 Å². The maximum Gasteiger partial charge on any atom is 0.236 e. The van der Waals surface area contributed by atoms with Crippen LogP contribution in [0.25, 0.3) is 0 Å². The molecular formula is C11H21N3O. The van der Waals surface area contributed by atoms with Crippen LogP contribution in [0.15, 0.2) is 0 Å². The highest BCUT2D eigenvalue weighted by Gasteiger charge is 2.18. The minimum atomic E-state index is 0.270. The molecule has 2 aliphatic rings. The lowest BCUT2D eigenvalue weighted by atomic mass is 10.3. The summed E-state index contributed by atoms with van der Waals surface area (Å²) in [5.41, 5.74) is 0. The number of hydrogen-bond donors (Lipinski definition) is 1. The van der Waals surface area contributed by atoms with Gasteiger partial charge in [0, 0.05) is 19.6 Å². The van der Waals surface area contributed by atoms with Gasteiger partial charge >= 0.3 is 0 Å². The maximum atomic E-state index is 11.7. The molecule has 4 heteroatoms. The molecule has 0 aromatic rings. The van der Waals surface area contributed by atoms with E-state index in [1.54, 1.807) is 0 Å². The molecular weight excluding hydrogens is 190 g/mol. The molecule has 0 aliphatic carbocycles. The Kier molecular flexibility index (Phi) is 3.97. The number of carbonyl (C=O) groups excluding carboxylic acids is 1. The van der Waals surface area contributed by atoms with E-state index in [1.165, 1.54) is 25.9 Å². The summed E-state index contributed by atoms with van der Waals surface area (Å²) < 4.78 is 0. The third-order valence-electron chi connectivity index (χ3n) is 3.30. The molecule has 0 unspecified atom stereocenters. The Morgan fingerprint density at radius 2 is 1.87 bits per heavy atom. The van der Waals surface area contributed by atoms with Crippen LogP contribution in [0.3, 0.4) is 0 Å². The zero-order chi connectivity index (χ0) is 10.5. The van der Waals surface area contributed by atoms with Crippen LogP contribution in [-0.2, 0) is 4.79 Å². The highest BCUT2D eigenvalue weighted by molar-refractivity contribution is 5.78. The van der Waals surface area contributed by atoms with Gasteiger partial charge in [0.1, 0.15) is 0 Å². The van der Waals surface area contributed by atoms with Crippen LogP contribution >= 0.6 is 0 Å². The largest absolute Gasteiger partial charge is 0.340 e. The monoisotopic (exact) mass is 211 g/mol. The van der Waals surface area contributed by atoms with E-state index >= 15 is 0 Å². The number of amides is 1. The van der Waals surface area contributed by atoms with Gasteiger partial charge in [-0.3, -0.25) is 4.79 Å². The van der Waals surface area contributed by atoms with Gasteiger partial charge in [-0.25, -0.2) is 0 Å². The van der Waals surface area contributed by atoms with Gasteiger partial charge in [0.25, 0.3) is 0 Å². The van der Waals surface area contributed by atoms with E-state index in [9.17, 15) is 4.79 Å². The fraction of sp³-hybridized carbons (Fsp3) is 0.909. The maximum absolute atomic E-state index is 11.7. The van der Waals surface area contributed by atoms with Gasteiger partial charge in [-0.15, -0.1) is 0 Å². The van der Waals surface area contributed by atoms with Crippen LogP contribution in [0.5, 0.6) is 0 Å². The molecule has 1 N–H and O–H groups in total. The number of likely N-dealkylation sites (tertiary alicyclic amines) is 1. The van der Waals surface area contributed by atoms with Gasteiger partial charge in [0.2, 0.25) is 5.91 Å². The zero-order valence-electron chi connectivity index (χ0n) is 9.37. The molecule has 0 bridgehead atoms. The Balaban J connectivity index is 1.73. The molecule has 2 rings (SSSR count). The molecule has 0 saturated carbocycles. The molecule has 86 valence electrons. The summed E-state index contributed by atoms with van der Waals surface area (Å²) in [6.45, 7) is 6.86. The summed E-state index contributed by atoms with van der Waals surface area (Å²) in [5.74, 6) is 0.270. The number of nitrogens with one attached hydrogen (secondary N) is 1. The molecule has 4 nitrogen and oxygen atoms in total. The molecule has 0 spiro atoms. The summed E-state index contributed by atoms with van der Waals surface area (Å²) in [6.07, 6.45) is 3.75. The number of hydrogen-bond acceptors (Lipinski definition) is 3. The van der Waals surface area contributed by atoms with Crippen molar-refractivity contribution in [2.45, 2.75) is 19.3 Å². The first kappa shape index (κ1) is 10.9. The second-order valence-corrected chi connectivity index (χ2v) is 4.46. The smallest absolute Gasteiger partial charge is 0.236 e. The quantitative estimate of drug-likeness (QED) is 0.708. The SMILES string of the molecule is O=C1CNCCCN1CCN1CCCC1. The van der Waals surface area contributed by atoms with Crippen molar-refractivity contribution in [1.82, 2.24) is 15.1 Å². The van der Waals surface area contributed by atoms with E-state index in [1.807, 2.05) is 4.90 Å². The van der Waals surface area contributed by atoms with Crippen molar-refractivity contribution in [1.29, 1.82) is 0 Å². The second kappa shape index (κ2) is 5.47. The van der Waals surface area contributed by atoms with Gasteiger partial charge in [-0.2, -0.15) is 0 Å². The Morgan fingerprint density at radius 1 is 1.07 bits per heavy atom. The van der Waals surface area contributed by atoms with E-state index in [0.717, 1.165) is 32.6 Å². The van der Waals surface area contributed by atoms with Crippen molar-refractivity contribution in [3.63, 3.8) is 0 Å². The minimum absolute atomic E-state index is 0.270. The molecule has 15 heavy (non-hydrogen) atoms. The fourth-order valence-electron chi connectivity index (χ4n) is 2.33.